The topological polar surface area (TPSA) is 55.2 Å². The number of likely N-dealkylation sites (N-methyl/N-ethyl adjacent to an activating group) is 1. The summed E-state index contributed by atoms with van der Waals surface area (Å²) >= 11 is 0. The molecule has 1 atom stereocenters. The number of nitrogens with one attached hydrogen (secondary N) is 1. The van der Waals surface area contributed by atoms with Gasteiger partial charge in [0.15, 0.2) is 0 Å². The summed E-state index contributed by atoms with van der Waals surface area (Å²) in [5, 5.41) is 7.26. The number of morpholine rings is 1. The van der Waals surface area contributed by atoms with Crippen molar-refractivity contribution < 1.29 is 9.13 Å². The highest BCUT2D eigenvalue weighted by molar-refractivity contribution is 5.35. The fourth-order valence-corrected chi connectivity index (χ4v) is 2.55. The van der Waals surface area contributed by atoms with E-state index in [0.717, 1.165) is 31.8 Å². The third-order valence-electron chi connectivity index (χ3n) is 3.72. The van der Waals surface area contributed by atoms with E-state index in [4.69, 9.17) is 4.74 Å². The summed E-state index contributed by atoms with van der Waals surface area (Å²) in [6, 6.07) is 5.13. The third-order valence-corrected chi connectivity index (χ3v) is 3.72. The Hall–Kier alpha value is -1.83. The van der Waals surface area contributed by atoms with Crippen LogP contribution in [0, 0.1) is 5.82 Å². The zero-order valence-corrected chi connectivity index (χ0v) is 12.6. The second-order valence-electron chi connectivity index (χ2n) is 5.51. The van der Waals surface area contributed by atoms with Crippen LogP contribution in [0.15, 0.2) is 30.9 Å². The van der Waals surface area contributed by atoms with Gasteiger partial charge in [0.25, 0.3) is 0 Å². The van der Waals surface area contributed by atoms with E-state index >= 15 is 0 Å². The molecule has 1 aliphatic heterocycles. The lowest BCUT2D eigenvalue weighted by atomic mass is 10.2. The van der Waals surface area contributed by atoms with Crippen LogP contribution in [-0.4, -0.2) is 59.1 Å². The maximum Gasteiger partial charge on any atom is 0.149 e. The van der Waals surface area contributed by atoms with Crippen LogP contribution in [0.5, 0.6) is 0 Å². The van der Waals surface area contributed by atoms with Crippen LogP contribution < -0.4 is 5.32 Å². The molecule has 0 aliphatic carbocycles. The summed E-state index contributed by atoms with van der Waals surface area (Å²) in [7, 11) is 2.09. The first-order valence-electron chi connectivity index (χ1n) is 7.36. The van der Waals surface area contributed by atoms with Crippen molar-refractivity contribution in [2.24, 2.45) is 0 Å². The van der Waals surface area contributed by atoms with Crippen molar-refractivity contribution in [3.8, 4) is 5.69 Å². The molecule has 1 N–H and O–H groups in total. The zero-order chi connectivity index (χ0) is 15.4. The molecule has 1 aromatic carbocycles. The molecule has 7 heteroatoms. The number of hydrogen-bond acceptors (Lipinski definition) is 5. The Bertz CT molecular complexity index is 604. The van der Waals surface area contributed by atoms with Gasteiger partial charge in [-0.3, -0.25) is 0 Å². The van der Waals surface area contributed by atoms with Crippen molar-refractivity contribution >= 4 is 0 Å². The standard InChI is InChI=1S/C15H20FN5O/c1-20-4-5-22-13(9-20)8-17-7-12-2-3-15(14(16)6-12)21-11-18-10-19-21/h2-3,6,10-11,13,17H,4-5,7-9H2,1H3/t13-/m0/s1. The molecule has 0 saturated carbocycles. The molecule has 1 saturated heterocycles. The smallest absolute Gasteiger partial charge is 0.149 e. The fraction of sp³-hybridized carbons (Fsp3) is 0.467. The number of benzene rings is 1. The van der Waals surface area contributed by atoms with E-state index in [1.807, 2.05) is 6.07 Å². The van der Waals surface area contributed by atoms with Gasteiger partial charge in [-0.25, -0.2) is 14.1 Å². The maximum absolute atomic E-state index is 14.1. The van der Waals surface area contributed by atoms with E-state index < -0.39 is 0 Å². The minimum atomic E-state index is -0.307. The van der Waals surface area contributed by atoms with Gasteiger partial charge in [0.1, 0.15) is 24.2 Å². The molecule has 0 radical (unpaired) electrons. The maximum atomic E-state index is 14.1. The first-order valence-corrected chi connectivity index (χ1v) is 7.36. The van der Waals surface area contributed by atoms with Crippen molar-refractivity contribution in [1.82, 2.24) is 25.0 Å². The highest BCUT2D eigenvalue weighted by Gasteiger charge is 2.17. The number of nitrogens with zero attached hydrogens (tertiary/aromatic N) is 4. The van der Waals surface area contributed by atoms with Crippen molar-refractivity contribution in [3.63, 3.8) is 0 Å². The largest absolute Gasteiger partial charge is 0.374 e. The SMILES string of the molecule is CN1CCO[C@@H](CNCc2ccc(-n3cncn3)c(F)c2)C1. The molecule has 0 spiro atoms. The van der Waals surface area contributed by atoms with Gasteiger partial charge >= 0.3 is 0 Å². The van der Waals surface area contributed by atoms with Gasteiger partial charge in [-0.1, -0.05) is 6.07 Å². The first-order chi connectivity index (χ1) is 10.7. The molecule has 0 unspecified atom stereocenters. The Morgan fingerprint density at radius 1 is 1.45 bits per heavy atom. The molecule has 1 fully saturated rings. The summed E-state index contributed by atoms with van der Waals surface area (Å²) in [6.45, 7) is 4.04. The second-order valence-corrected chi connectivity index (χ2v) is 5.51. The summed E-state index contributed by atoms with van der Waals surface area (Å²) < 4.78 is 21.2. The van der Waals surface area contributed by atoms with Crippen LogP contribution in [0.3, 0.4) is 0 Å². The molecule has 0 bridgehead atoms. The van der Waals surface area contributed by atoms with Crippen LogP contribution >= 0.6 is 0 Å². The number of aromatic nitrogens is 3. The molecule has 6 nitrogen and oxygen atoms in total. The molecule has 1 aliphatic rings. The number of halogens is 1. The Morgan fingerprint density at radius 3 is 3.09 bits per heavy atom. The Kier molecular flexibility index (Phi) is 4.77. The Morgan fingerprint density at radius 2 is 2.36 bits per heavy atom. The lowest BCUT2D eigenvalue weighted by Gasteiger charge is -2.30. The Balaban J connectivity index is 1.54. The predicted molar refractivity (Wildman–Crippen MR) is 80.3 cm³/mol. The molecular formula is C15H20FN5O. The van der Waals surface area contributed by atoms with Gasteiger partial charge in [0.2, 0.25) is 0 Å². The molecular weight excluding hydrogens is 285 g/mol. The molecule has 1 aromatic heterocycles. The quantitative estimate of drug-likeness (QED) is 0.886. The van der Waals surface area contributed by atoms with Crippen LogP contribution in [0.1, 0.15) is 5.56 Å². The van der Waals surface area contributed by atoms with E-state index in [1.54, 1.807) is 6.07 Å². The monoisotopic (exact) mass is 305 g/mol. The molecule has 2 heterocycles. The van der Waals surface area contributed by atoms with Crippen LogP contribution in [0.2, 0.25) is 0 Å². The average molecular weight is 305 g/mol. The Labute approximate surface area is 128 Å². The van der Waals surface area contributed by atoms with Gasteiger partial charge in [-0.15, -0.1) is 0 Å². The molecule has 118 valence electrons. The number of rotatable bonds is 5. The fourth-order valence-electron chi connectivity index (χ4n) is 2.55. The van der Waals surface area contributed by atoms with Crippen molar-refractivity contribution in [2.45, 2.75) is 12.6 Å². The second kappa shape index (κ2) is 6.95. The predicted octanol–water partition coefficient (Wildman–Crippen LogP) is 0.827. The molecule has 3 rings (SSSR count). The van der Waals surface area contributed by atoms with Crippen LogP contribution in [0.25, 0.3) is 5.69 Å². The van der Waals surface area contributed by atoms with E-state index in [9.17, 15) is 4.39 Å². The lowest BCUT2D eigenvalue weighted by molar-refractivity contribution is -0.0182. The van der Waals surface area contributed by atoms with Crippen molar-refractivity contribution in [3.05, 3.63) is 42.2 Å². The third kappa shape index (κ3) is 3.68. The summed E-state index contributed by atoms with van der Waals surface area (Å²) in [6.07, 6.45) is 3.06. The highest BCUT2D eigenvalue weighted by atomic mass is 19.1. The van der Waals surface area contributed by atoms with Gasteiger partial charge in [-0.05, 0) is 24.7 Å². The van der Waals surface area contributed by atoms with E-state index in [2.05, 4.69) is 27.3 Å². The minimum Gasteiger partial charge on any atom is -0.374 e. The lowest BCUT2D eigenvalue weighted by Crippen LogP contribution is -2.44. The van der Waals surface area contributed by atoms with Gasteiger partial charge in [0.05, 0.1) is 12.7 Å². The van der Waals surface area contributed by atoms with Crippen molar-refractivity contribution in [2.75, 3.05) is 33.3 Å². The number of hydrogen-bond donors (Lipinski definition) is 1. The summed E-state index contributed by atoms with van der Waals surface area (Å²) in [5.41, 5.74) is 1.30. The van der Waals surface area contributed by atoms with Gasteiger partial charge in [-0.2, -0.15) is 5.10 Å². The van der Waals surface area contributed by atoms with E-state index in [-0.39, 0.29) is 11.9 Å². The van der Waals surface area contributed by atoms with Crippen molar-refractivity contribution in [1.29, 1.82) is 0 Å². The summed E-state index contributed by atoms with van der Waals surface area (Å²) in [4.78, 5) is 6.08. The van der Waals surface area contributed by atoms with E-state index in [1.165, 1.54) is 23.4 Å². The first kappa shape index (κ1) is 15.1. The number of ether oxygens (including phenoxy) is 1. The summed E-state index contributed by atoms with van der Waals surface area (Å²) in [5.74, 6) is -0.307. The molecule has 22 heavy (non-hydrogen) atoms. The van der Waals surface area contributed by atoms with Crippen LogP contribution in [0.4, 0.5) is 4.39 Å². The molecule has 0 amide bonds. The van der Waals surface area contributed by atoms with Gasteiger partial charge in [0, 0.05) is 26.2 Å². The molecule has 2 aromatic rings. The zero-order valence-electron chi connectivity index (χ0n) is 12.6. The van der Waals surface area contributed by atoms with Crippen LogP contribution in [-0.2, 0) is 11.3 Å². The normalized spacial score (nSPS) is 19.5. The van der Waals surface area contributed by atoms with E-state index in [0.29, 0.717) is 12.2 Å². The highest BCUT2D eigenvalue weighted by Crippen LogP contribution is 2.14. The minimum absolute atomic E-state index is 0.193. The van der Waals surface area contributed by atoms with Gasteiger partial charge < -0.3 is 15.0 Å². The average Bonchev–Trinajstić information content (AvgIpc) is 3.01.